The van der Waals surface area contributed by atoms with Gasteiger partial charge in [0.2, 0.25) is 0 Å². The molecule has 0 radical (unpaired) electrons. The number of hydrogen-bond acceptors (Lipinski definition) is 2. The quantitative estimate of drug-likeness (QED) is 0.628. The first kappa shape index (κ1) is 17.5. The molecule has 1 aliphatic rings. The fraction of sp³-hybridized carbons (Fsp3) is 0.227. The molecule has 0 spiro atoms. The lowest BCUT2D eigenvalue weighted by molar-refractivity contribution is 0.803. The summed E-state index contributed by atoms with van der Waals surface area (Å²) in [6.07, 6.45) is 8.23. The summed E-state index contributed by atoms with van der Waals surface area (Å²) in [4.78, 5) is 6.73. The molecular formula is C22H23ClN2. The van der Waals surface area contributed by atoms with E-state index in [0.717, 1.165) is 32.2 Å². The highest BCUT2D eigenvalue weighted by Crippen LogP contribution is 2.35. The van der Waals surface area contributed by atoms with Crippen molar-refractivity contribution in [2.24, 2.45) is 0 Å². The molecule has 1 aliphatic heterocycles. The van der Waals surface area contributed by atoms with E-state index in [4.69, 9.17) is 0 Å². The second-order valence-electron chi connectivity index (χ2n) is 6.37. The van der Waals surface area contributed by atoms with Crippen molar-refractivity contribution in [3.05, 3.63) is 89.7 Å². The third-order valence-electron chi connectivity index (χ3n) is 4.80. The lowest BCUT2D eigenvalue weighted by atomic mass is 10.0. The van der Waals surface area contributed by atoms with Gasteiger partial charge in [0.1, 0.15) is 0 Å². The maximum absolute atomic E-state index is 4.22. The van der Waals surface area contributed by atoms with E-state index >= 15 is 0 Å². The lowest BCUT2D eigenvalue weighted by Gasteiger charge is -2.27. The molecule has 3 aromatic rings. The van der Waals surface area contributed by atoms with Crippen LogP contribution in [0.15, 0.2) is 73.1 Å². The average Bonchev–Trinajstić information content (AvgIpc) is 2.80. The molecule has 0 bridgehead atoms. The van der Waals surface area contributed by atoms with Gasteiger partial charge in [-0.3, -0.25) is 4.98 Å². The van der Waals surface area contributed by atoms with Crippen LogP contribution >= 0.6 is 12.4 Å². The number of nitrogens with zero attached hydrogens (tertiary/aromatic N) is 2. The zero-order valence-corrected chi connectivity index (χ0v) is 15.1. The van der Waals surface area contributed by atoms with Gasteiger partial charge in [0.25, 0.3) is 0 Å². The molecule has 3 heteroatoms. The molecule has 0 unspecified atom stereocenters. The van der Waals surface area contributed by atoms with Crippen LogP contribution in [-0.4, -0.2) is 11.5 Å². The number of hydrogen-bond donors (Lipinski definition) is 0. The highest BCUT2D eigenvalue weighted by Gasteiger charge is 2.19. The third kappa shape index (κ3) is 3.85. The number of anilines is 2. The Morgan fingerprint density at radius 1 is 0.800 bits per heavy atom. The van der Waals surface area contributed by atoms with Crippen LogP contribution in [-0.2, 0) is 19.3 Å². The van der Waals surface area contributed by atoms with Crippen molar-refractivity contribution in [3.63, 3.8) is 0 Å². The van der Waals surface area contributed by atoms with Gasteiger partial charge in [-0.1, -0.05) is 42.5 Å². The number of para-hydroxylation sites is 2. The van der Waals surface area contributed by atoms with Gasteiger partial charge in [0.15, 0.2) is 0 Å². The van der Waals surface area contributed by atoms with E-state index in [9.17, 15) is 0 Å². The van der Waals surface area contributed by atoms with E-state index < -0.39 is 0 Å². The van der Waals surface area contributed by atoms with Crippen molar-refractivity contribution >= 4 is 23.8 Å². The van der Waals surface area contributed by atoms with Crippen LogP contribution in [0.5, 0.6) is 0 Å². The van der Waals surface area contributed by atoms with E-state index in [1.807, 2.05) is 18.5 Å². The molecule has 2 aromatic carbocycles. The Bertz CT molecular complexity index is 770. The zero-order valence-electron chi connectivity index (χ0n) is 14.3. The maximum atomic E-state index is 4.22. The zero-order chi connectivity index (χ0) is 16.2. The summed E-state index contributed by atoms with van der Waals surface area (Å²) in [5.74, 6) is 0. The molecule has 0 fully saturated rings. The fourth-order valence-corrected chi connectivity index (χ4v) is 3.60. The Labute approximate surface area is 155 Å². The van der Waals surface area contributed by atoms with Crippen molar-refractivity contribution in [2.75, 3.05) is 11.4 Å². The second kappa shape index (κ2) is 8.17. The average molecular weight is 351 g/mol. The summed E-state index contributed by atoms with van der Waals surface area (Å²) < 4.78 is 0. The molecule has 2 heterocycles. The van der Waals surface area contributed by atoms with E-state index in [-0.39, 0.29) is 12.4 Å². The van der Waals surface area contributed by atoms with Gasteiger partial charge in [0, 0.05) is 30.3 Å². The van der Waals surface area contributed by atoms with Crippen LogP contribution in [0.1, 0.15) is 23.1 Å². The van der Waals surface area contributed by atoms with Gasteiger partial charge in [-0.25, -0.2) is 0 Å². The van der Waals surface area contributed by atoms with Crippen LogP contribution < -0.4 is 4.90 Å². The van der Waals surface area contributed by atoms with E-state index in [2.05, 4.69) is 64.5 Å². The number of rotatable bonds is 4. The Morgan fingerprint density at radius 3 is 2.04 bits per heavy atom. The van der Waals surface area contributed by atoms with Gasteiger partial charge in [-0.2, -0.15) is 0 Å². The lowest BCUT2D eigenvalue weighted by Crippen LogP contribution is -2.20. The monoisotopic (exact) mass is 350 g/mol. The summed E-state index contributed by atoms with van der Waals surface area (Å²) in [6, 6.07) is 21.9. The molecular weight excluding hydrogens is 328 g/mol. The standard InChI is InChI=1S/C22H22N2.ClH/c1-3-11-21-19(9-1)13-14-20-10-2-4-12-22(20)24(21)16-6-8-18-7-5-15-23-17-18;/h1-5,7,9-12,15,17H,6,8,13-14,16H2;1H. The second-order valence-corrected chi connectivity index (χ2v) is 6.37. The summed E-state index contributed by atoms with van der Waals surface area (Å²) >= 11 is 0. The van der Waals surface area contributed by atoms with Crippen molar-refractivity contribution in [1.29, 1.82) is 0 Å². The predicted molar refractivity (Wildman–Crippen MR) is 107 cm³/mol. The van der Waals surface area contributed by atoms with Crippen molar-refractivity contribution in [2.45, 2.75) is 25.7 Å². The molecule has 25 heavy (non-hydrogen) atoms. The SMILES string of the molecule is Cl.c1cncc(CCCN2c3ccccc3CCc3ccccc32)c1. The predicted octanol–water partition coefficient (Wildman–Crippen LogP) is 5.37. The van der Waals surface area contributed by atoms with Gasteiger partial charge in [-0.05, 0) is 60.6 Å². The topological polar surface area (TPSA) is 16.1 Å². The molecule has 0 aliphatic carbocycles. The summed E-state index contributed by atoms with van der Waals surface area (Å²) in [5, 5.41) is 0. The Morgan fingerprint density at radius 2 is 1.44 bits per heavy atom. The normalized spacial score (nSPS) is 12.6. The molecule has 128 valence electrons. The molecule has 0 N–H and O–H groups in total. The summed E-state index contributed by atoms with van der Waals surface area (Å²) in [6.45, 7) is 1.03. The van der Waals surface area contributed by atoms with Crippen LogP contribution in [0.4, 0.5) is 11.4 Å². The largest absolute Gasteiger partial charge is 0.341 e. The molecule has 1 aromatic heterocycles. The number of aryl methyl sites for hydroxylation is 3. The van der Waals surface area contributed by atoms with Crippen LogP contribution in [0.3, 0.4) is 0 Å². The molecule has 0 saturated carbocycles. The Hall–Kier alpha value is -2.32. The number of benzene rings is 2. The van der Waals surface area contributed by atoms with Gasteiger partial charge >= 0.3 is 0 Å². The van der Waals surface area contributed by atoms with Crippen molar-refractivity contribution < 1.29 is 0 Å². The molecule has 2 nitrogen and oxygen atoms in total. The van der Waals surface area contributed by atoms with Crippen LogP contribution in [0.2, 0.25) is 0 Å². The summed E-state index contributed by atoms with van der Waals surface area (Å²) in [7, 11) is 0. The third-order valence-corrected chi connectivity index (χ3v) is 4.80. The first-order valence-corrected chi connectivity index (χ1v) is 8.74. The molecule has 0 saturated heterocycles. The van der Waals surface area contributed by atoms with Gasteiger partial charge < -0.3 is 4.90 Å². The molecule has 4 rings (SSSR count). The fourth-order valence-electron chi connectivity index (χ4n) is 3.60. The first-order valence-electron chi connectivity index (χ1n) is 8.74. The highest BCUT2D eigenvalue weighted by molar-refractivity contribution is 5.85. The van der Waals surface area contributed by atoms with Crippen molar-refractivity contribution in [3.8, 4) is 0 Å². The van der Waals surface area contributed by atoms with E-state index in [1.165, 1.54) is 28.1 Å². The van der Waals surface area contributed by atoms with Crippen molar-refractivity contribution in [1.82, 2.24) is 4.98 Å². The maximum Gasteiger partial charge on any atom is 0.0443 e. The van der Waals surface area contributed by atoms with Crippen LogP contribution in [0, 0.1) is 0 Å². The van der Waals surface area contributed by atoms with E-state index in [1.54, 1.807) is 0 Å². The van der Waals surface area contributed by atoms with Crippen LogP contribution in [0.25, 0.3) is 0 Å². The smallest absolute Gasteiger partial charge is 0.0443 e. The minimum absolute atomic E-state index is 0. The Balaban J connectivity index is 0.00000182. The molecule has 0 amide bonds. The first-order chi connectivity index (χ1) is 11.9. The van der Waals surface area contributed by atoms with Gasteiger partial charge in [-0.15, -0.1) is 12.4 Å². The highest BCUT2D eigenvalue weighted by atomic mass is 35.5. The van der Waals surface area contributed by atoms with Gasteiger partial charge in [0.05, 0.1) is 0 Å². The van der Waals surface area contributed by atoms with E-state index in [0.29, 0.717) is 0 Å². The summed E-state index contributed by atoms with van der Waals surface area (Å²) in [5.41, 5.74) is 6.96. The number of aromatic nitrogens is 1. The number of halogens is 1. The number of fused-ring (bicyclic) bond motifs is 2. The Kier molecular flexibility index (Phi) is 5.72. The minimum atomic E-state index is 0. The molecule has 0 atom stereocenters. The minimum Gasteiger partial charge on any atom is -0.341 e. The number of pyridine rings is 1.